The number of benzene rings is 1. The Hall–Kier alpha value is 0.0731. The van der Waals surface area contributed by atoms with Crippen molar-refractivity contribution in [3.63, 3.8) is 0 Å². The van der Waals surface area contributed by atoms with Crippen molar-refractivity contribution in [2.75, 3.05) is 0 Å². The molecule has 1 aromatic rings. The van der Waals surface area contributed by atoms with Crippen LogP contribution in [0.25, 0.3) is 0 Å². The minimum absolute atomic E-state index is 0. The van der Waals surface area contributed by atoms with Crippen molar-refractivity contribution in [3.8, 4) is 0 Å². The molecule has 0 aromatic heterocycles. The van der Waals surface area contributed by atoms with Crippen LogP contribution < -0.4 is 0 Å². The van der Waals surface area contributed by atoms with Gasteiger partial charge in [0.25, 0.3) is 0 Å². The predicted molar refractivity (Wildman–Crippen MR) is 55.5 cm³/mol. The maximum absolute atomic E-state index is 3.72. The molecule has 0 fully saturated rings. The molecule has 0 nitrogen and oxygen atoms in total. The molecule has 0 amide bonds. The van der Waals surface area contributed by atoms with E-state index in [0.717, 1.165) is 15.1 Å². The monoisotopic (exact) mass is 174 g/mol. The second-order valence-corrected chi connectivity index (χ2v) is 3.22. The Morgan fingerprint density at radius 2 is 1.45 bits per heavy atom. The Morgan fingerprint density at radius 3 is 1.64 bits per heavy atom. The van der Waals surface area contributed by atoms with E-state index in [2.05, 4.69) is 20.0 Å². The van der Waals surface area contributed by atoms with Crippen LogP contribution in [0.15, 0.2) is 30.3 Å². The summed E-state index contributed by atoms with van der Waals surface area (Å²) < 4.78 is 0. The molecule has 0 aliphatic carbocycles. The van der Waals surface area contributed by atoms with Crippen molar-refractivity contribution >= 4 is 32.6 Å². The van der Waals surface area contributed by atoms with Crippen LogP contribution in [0.5, 0.6) is 0 Å². The van der Waals surface area contributed by atoms with Crippen LogP contribution in [0.3, 0.4) is 0 Å². The average Bonchev–Trinajstić information content (AvgIpc) is 1.91. The fourth-order valence-electron chi connectivity index (χ4n) is 0.478. The normalized spacial score (nSPS) is 7.09. The van der Waals surface area contributed by atoms with Gasteiger partial charge >= 0.3 is 23.1 Å². The van der Waals surface area contributed by atoms with Crippen LogP contribution >= 0.6 is 0 Å². The van der Waals surface area contributed by atoms with Gasteiger partial charge in [0.15, 0.2) is 0 Å². The molecular formula is C9H14MgSi. The molecule has 0 bridgehead atoms. The quantitative estimate of drug-likeness (QED) is 0.417. The maximum atomic E-state index is 3.72. The van der Waals surface area contributed by atoms with E-state index >= 15 is 0 Å². The predicted octanol–water partition coefficient (Wildman–Crippen LogP) is 2.01. The molecule has 0 aliphatic rings. The van der Waals surface area contributed by atoms with Gasteiger partial charge in [0.2, 0.25) is 0 Å². The van der Waals surface area contributed by atoms with Gasteiger partial charge in [0.05, 0.1) is 0 Å². The molecule has 1 rings (SSSR count). The molecule has 0 saturated heterocycles. The van der Waals surface area contributed by atoms with E-state index in [0.29, 0.717) is 0 Å². The molecule has 0 N–H and O–H groups in total. The third-order valence-electron chi connectivity index (χ3n) is 0.843. The third kappa shape index (κ3) is 10.1. The molecule has 11 heavy (non-hydrogen) atoms. The van der Waals surface area contributed by atoms with Crippen molar-refractivity contribution in [1.82, 2.24) is 0 Å². The van der Waals surface area contributed by atoms with Gasteiger partial charge in [-0.1, -0.05) is 6.07 Å². The van der Waals surface area contributed by atoms with Crippen LogP contribution in [0.2, 0.25) is 13.1 Å². The van der Waals surface area contributed by atoms with Crippen LogP contribution in [0.1, 0.15) is 5.56 Å². The fraction of sp³-hybridized carbons (Fsp3) is 0.222. The zero-order valence-electron chi connectivity index (χ0n) is 7.38. The largest absolute Gasteiger partial charge is 2.00 e. The molecule has 2 heteroatoms. The van der Waals surface area contributed by atoms with E-state index in [9.17, 15) is 0 Å². The Morgan fingerprint density at radius 1 is 1.09 bits per heavy atom. The first kappa shape index (κ1) is 13.6. The van der Waals surface area contributed by atoms with Crippen molar-refractivity contribution in [1.29, 1.82) is 0 Å². The van der Waals surface area contributed by atoms with E-state index < -0.39 is 0 Å². The minimum Gasteiger partial charge on any atom is -0.286 e. The third-order valence-corrected chi connectivity index (χ3v) is 0.843. The summed E-state index contributed by atoms with van der Waals surface area (Å²) in [5.74, 6) is 0. The Labute approximate surface area is 88.4 Å². The zero-order chi connectivity index (χ0) is 7.82. The Balaban J connectivity index is 0. The molecule has 0 atom stereocenters. The van der Waals surface area contributed by atoms with Crippen LogP contribution in [0.4, 0.5) is 0 Å². The van der Waals surface area contributed by atoms with Crippen molar-refractivity contribution in [2.45, 2.75) is 13.1 Å². The van der Waals surface area contributed by atoms with Gasteiger partial charge in [-0.15, -0.1) is 12.1 Å². The summed E-state index contributed by atoms with van der Waals surface area (Å²) in [5.41, 5.74) is 1.07. The molecule has 1 aromatic carbocycles. The van der Waals surface area contributed by atoms with Crippen LogP contribution in [-0.4, -0.2) is 32.6 Å². The Bertz CT molecular complexity index is 151. The first-order valence-corrected chi connectivity index (χ1v) is 5.73. The second-order valence-electron chi connectivity index (χ2n) is 2.06. The molecule has 56 valence electrons. The van der Waals surface area contributed by atoms with Gasteiger partial charge in [-0.2, -0.15) is 37.7 Å². The maximum Gasteiger partial charge on any atom is 2.00 e. The first-order valence-electron chi connectivity index (χ1n) is 3.42. The van der Waals surface area contributed by atoms with E-state index in [1.807, 2.05) is 30.3 Å². The molecule has 0 radical (unpaired) electrons. The Kier molecular flexibility index (Phi) is 12.5. The summed E-state index contributed by atoms with van der Waals surface area (Å²) in [6.45, 7) is 8.14. The van der Waals surface area contributed by atoms with E-state index in [1.165, 1.54) is 0 Å². The fourth-order valence-corrected chi connectivity index (χ4v) is 0.478. The summed E-state index contributed by atoms with van der Waals surface area (Å²) in [4.78, 5) is 0. The minimum atomic E-state index is 0. The van der Waals surface area contributed by atoms with E-state index in [4.69, 9.17) is 0 Å². The SMILES string of the molecule is C[SiH-]C.[CH2-]c1ccccc1.[Mg+2]. The average molecular weight is 175 g/mol. The topological polar surface area (TPSA) is 0 Å². The standard InChI is InChI=1S/C7H7.C2H7Si.Mg/c1-7-5-3-2-4-6-7;1-3-2;/h2-6H,1H2;3H,1-2H3;/q2*-1;+2. The molecular weight excluding hydrogens is 160 g/mol. The molecule has 0 aliphatic heterocycles. The number of hydrogen-bond acceptors (Lipinski definition) is 0. The van der Waals surface area contributed by atoms with Gasteiger partial charge in [-0.05, 0) is 0 Å². The van der Waals surface area contributed by atoms with Gasteiger partial charge in [0.1, 0.15) is 0 Å². The summed E-state index contributed by atoms with van der Waals surface area (Å²) in [7, 11) is 0.750. The molecule has 0 unspecified atom stereocenters. The summed E-state index contributed by atoms with van der Waals surface area (Å²) >= 11 is 0. The number of hydrogen-bond donors (Lipinski definition) is 0. The van der Waals surface area contributed by atoms with Gasteiger partial charge in [-0.3, -0.25) is 9.52 Å². The molecule has 0 saturated carbocycles. The van der Waals surface area contributed by atoms with E-state index in [1.54, 1.807) is 0 Å². The summed E-state index contributed by atoms with van der Waals surface area (Å²) in [6.07, 6.45) is 0. The molecule has 0 heterocycles. The van der Waals surface area contributed by atoms with Crippen molar-refractivity contribution < 1.29 is 0 Å². The molecule has 0 spiro atoms. The van der Waals surface area contributed by atoms with Crippen molar-refractivity contribution in [2.24, 2.45) is 0 Å². The summed E-state index contributed by atoms with van der Waals surface area (Å²) in [5, 5.41) is 0. The van der Waals surface area contributed by atoms with Crippen LogP contribution in [-0.2, 0) is 0 Å². The van der Waals surface area contributed by atoms with E-state index in [-0.39, 0.29) is 23.1 Å². The number of rotatable bonds is 0. The smallest absolute Gasteiger partial charge is 0.286 e. The van der Waals surface area contributed by atoms with Gasteiger partial charge < -0.3 is 0 Å². The zero-order valence-corrected chi connectivity index (χ0v) is 9.95. The second kappa shape index (κ2) is 10.1. The summed E-state index contributed by atoms with van der Waals surface area (Å²) in [6, 6.07) is 9.87. The van der Waals surface area contributed by atoms with Gasteiger partial charge in [0, 0.05) is 0 Å². The van der Waals surface area contributed by atoms with Crippen LogP contribution in [0, 0.1) is 6.92 Å². The van der Waals surface area contributed by atoms with Crippen molar-refractivity contribution in [3.05, 3.63) is 42.8 Å². The first-order chi connectivity index (χ1) is 4.81. The van der Waals surface area contributed by atoms with Gasteiger partial charge in [-0.25, -0.2) is 0 Å².